The van der Waals surface area contributed by atoms with E-state index < -0.39 is 18.1 Å². The molecule has 0 saturated heterocycles. The standard InChI is InChI=1S/C16H21F3N2O3/c1-4-9-24-14(22)12-10-11(20-15(23)16(17,18)19)7-8-13(12)21(5-2)6-3/h7-8,10H,4-6,9H2,1-3H3,(H,20,23). The van der Waals surface area contributed by atoms with E-state index in [2.05, 4.69) is 0 Å². The van der Waals surface area contributed by atoms with Crippen molar-refractivity contribution in [3.05, 3.63) is 23.8 Å². The Labute approximate surface area is 138 Å². The van der Waals surface area contributed by atoms with Crippen molar-refractivity contribution in [2.75, 3.05) is 29.9 Å². The number of rotatable bonds is 7. The molecule has 0 aliphatic rings. The van der Waals surface area contributed by atoms with E-state index in [1.165, 1.54) is 18.2 Å². The van der Waals surface area contributed by atoms with Crippen molar-refractivity contribution in [3.8, 4) is 0 Å². The maximum Gasteiger partial charge on any atom is 0.471 e. The van der Waals surface area contributed by atoms with Crippen molar-refractivity contribution in [3.63, 3.8) is 0 Å². The van der Waals surface area contributed by atoms with Gasteiger partial charge in [-0.1, -0.05) is 6.92 Å². The second-order valence-corrected chi connectivity index (χ2v) is 4.99. The van der Waals surface area contributed by atoms with Crippen LogP contribution >= 0.6 is 0 Å². The number of nitrogens with one attached hydrogen (secondary N) is 1. The van der Waals surface area contributed by atoms with Crippen molar-refractivity contribution in [2.24, 2.45) is 0 Å². The highest BCUT2D eigenvalue weighted by molar-refractivity contribution is 6.00. The van der Waals surface area contributed by atoms with E-state index in [1.807, 2.05) is 25.7 Å². The summed E-state index contributed by atoms with van der Waals surface area (Å²) in [6.45, 7) is 7.04. The fourth-order valence-electron chi connectivity index (χ4n) is 2.09. The molecule has 0 radical (unpaired) electrons. The second-order valence-electron chi connectivity index (χ2n) is 4.99. The summed E-state index contributed by atoms with van der Waals surface area (Å²) in [7, 11) is 0. The minimum Gasteiger partial charge on any atom is -0.462 e. The average Bonchev–Trinajstić information content (AvgIpc) is 2.53. The van der Waals surface area contributed by atoms with Gasteiger partial charge in [0.1, 0.15) is 0 Å². The molecule has 0 atom stereocenters. The van der Waals surface area contributed by atoms with Gasteiger partial charge in [-0.25, -0.2) is 4.79 Å². The van der Waals surface area contributed by atoms with Crippen LogP contribution in [-0.2, 0) is 9.53 Å². The molecule has 0 heterocycles. The summed E-state index contributed by atoms with van der Waals surface area (Å²) in [4.78, 5) is 25.1. The third-order valence-electron chi connectivity index (χ3n) is 3.27. The molecule has 0 fully saturated rings. The fraction of sp³-hybridized carbons (Fsp3) is 0.500. The van der Waals surface area contributed by atoms with Crippen LogP contribution in [0.2, 0.25) is 0 Å². The first-order chi connectivity index (χ1) is 11.2. The van der Waals surface area contributed by atoms with E-state index in [0.29, 0.717) is 25.2 Å². The highest BCUT2D eigenvalue weighted by Gasteiger charge is 2.38. The minimum absolute atomic E-state index is 0.114. The molecule has 0 aliphatic heterocycles. The van der Waals surface area contributed by atoms with Gasteiger partial charge in [0.15, 0.2) is 0 Å². The smallest absolute Gasteiger partial charge is 0.462 e. The number of amides is 1. The third-order valence-corrected chi connectivity index (χ3v) is 3.27. The Bertz CT molecular complexity index is 584. The zero-order valence-corrected chi connectivity index (χ0v) is 13.9. The Morgan fingerprint density at radius 2 is 1.79 bits per heavy atom. The van der Waals surface area contributed by atoms with E-state index >= 15 is 0 Å². The van der Waals surface area contributed by atoms with Crippen molar-refractivity contribution < 1.29 is 27.5 Å². The van der Waals surface area contributed by atoms with E-state index in [-0.39, 0.29) is 17.9 Å². The number of anilines is 2. The molecular weight excluding hydrogens is 325 g/mol. The normalized spacial score (nSPS) is 11.1. The maximum atomic E-state index is 12.4. The van der Waals surface area contributed by atoms with Crippen molar-refractivity contribution in [1.82, 2.24) is 0 Å². The average molecular weight is 346 g/mol. The molecule has 8 heteroatoms. The lowest BCUT2D eigenvalue weighted by molar-refractivity contribution is -0.167. The maximum absolute atomic E-state index is 12.4. The van der Waals surface area contributed by atoms with Crippen LogP contribution in [0.15, 0.2) is 18.2 Å². The summed E-state index contributed by atoms with van der Waals surface area (Å²) in [5.74, 6) is -2.73. The van der Waals surface area contributed by atoms with Gasteiger partial charge in [-0.2, -0.15) is 13.2 Å². The van der Waals surface area contributed by atoms with Gasteiger partial charge in [0, 0.05) is 18.8 Å². The second kappa shape index (κ2) is 8.56. The molecule has 0 spiro atoms. The number of halogens is 3. The first-order valence-corrected chi connectivity index (χ1v) is 7.68. The summed E-state index contributed by atoms with van der Waals surface area (Å²) >= 11 is 0. The van der Waals surface area contributed by atoms with Gasteiger partial charge in [0.2, 0.25) is 0 Å². The van der Waals surface area contributed by atoms with E-state index in [0.717, 1.165) is 0 Å². The summed E-state index contributed by atoms with van der Waals surface area (Å²) in [5, 5.41) is 1.75. The molecule has 0 aliphatic carbocycles. The SMILES string of the molecule is CCCOC(=O)c1cc(NC(=O)C(F)(F)F)ccc1N(CC)CC. The van der Waals surface area contributed by atoms with Crippen molar-refractivity contribution in [2.45, 2.75) is 33.4 Å². The van der Waals surface area contributed by atoms with Gasteiger partial charge in [0.25, 0.3) is 0 Å². The molecule has 0 bridgehead atoms. The van der Waals surface area contributed by atoms with Gasteiger partial charge >= 0.3 is 18.1 Å². The highest BCUT2D eigenvalue weighted by atomic mass is 19.4. The van der Waals surface area contributed by atoms with Gasteiger partial charge < -0.3 is 15.0 Å². The molecule has 1 amide bonds. The Morgan fingerprint density at radius 1 is 1.17 bits per heavy atom. The number of benzene rings is 1. The molecule has 1 rings (SSSR count). The summed E-state index contributed by atoms with van der Waals surface area (Å²) in [6, 6.07) is 4.03. The largest absolute Gasteiger partial charge is 0.471 e. The zero-order valence-electron chi connectivity index (χ0n) is 13.9. The lowest BCUT2D eigenvalue weighted by atomic mass is 10.1. The van der Waals surface area contributed by atoms with Gasteiger partial charge in [0.05, 0.1) is 17.9 Å². The number of ether oxygens (including phenoxy) is 1. The predicted molar refractivity (Wildman–Crippen MR) is 85.3 cm³/mol. The molecule has 24 heavy (non-hydrogen) atoms. The zero-order chi connectivity index (χ0) is 18.3. The van der Waals surface area contributed by atoms with Gasteiger partial charge in [-0.15, -0.1) is 0 Å². The topological polar surface area (TPSA) is 58.6 Å². The summed E-state index contributed by atoms with van der Waals surface area (Å²) < 4.78 is 42.2. The molecule has 0 unspecified atom stereocenters. The van der Waals surface area contributed by atoms with E-state index in [1.54, 1.807) is 5.32 Å². The van der Waals surface area contributed by atoms with Crippen LogP contribution in [0.3, 0.4) is 0 Å². The van der Waals surface area contributed by atoms with E-state index in [4.69, 9.17) is 4.74 Å². The van der Waals surface area contributed by atoms with E-state index in [9.17, 15) is 22.8 Å². The van der Waals surface area contributed by atoms with Gasteiger partial charge in [-0.3, -0.25) is 4.79 Å². The molecule has 0 saturated carbocycles. The van der Waals surface area contributed by atoms with Crippen LogP contribution in [0.1, 0.15) is 37.6 Å². The first-order valence-electron chi connectivity index (χ1n) is 7.68. The number of carbonyl (C=O) groups is 2. The third kappa shape index (κ3) is 5.14. The number of carbonyl (C=O) groups excluding carboxylic acids is 2. The monoisotopic (exact) mass is 346 g/mol. The Kier molecular flexibility index (Phi) is 7.06. The van der Waals surface area contributed by atoms with Crippen LogP contribution in [0.25, 0.3) is 0 Å². The van der Waals surface area contributed by atoms with Crippen LogP contribution in [0.4, 0.5) is 24.5 Å². The molecule has 0 aromatic heterocycles. The highest BCUT2D eigenvalue weighted by Crippen LogP contribution is 2.26. The van der Waals surface area contributed by atoms with Crippen LogP contribution in [-0.4, -0.2) is 37.7 Å². The minimum atomic E-state index is -5.00. The molecule has 1 aromatic rings. The number of hydrogen-bond acceptors (Lipinski definition) is 4. The Hall–Kier alpha value is -2.25. The number of nitrogens with zero attached hydrogens (tertiary/aromatic N) is 1. The Balaban J connectivity index is 3.19. The number of alkyl halides is 3. The van der Waals surface area contributed by atoms with Crippen molar-refractivity contribution in [1.29, 1.82) is 0 Å². The lowest BCUT2D eigenvalue weighted by Crippen LogP contribution is -2.30. The Morgan fingerprint density at radius 3 is 2.29 bits per heavy atom. The van der Waals surface area contributed by atoms with Gasteiger partial charge in [-0.05, 0) is 38.5 Å². The van der Waals surface area contributed by atoms with Crippen molar-refractivity contribution >= 4 is 23.3 Å². The number of hydrogen-bond donors (Lipinski definition) is 1. The van der Waals surface area contributed by atoms with Crippen LogP contribution in [0.5, 0.6) is 0 Å². The molecule has 134 valence electrons. The van der Waals surface area contributed by atoms with Crippen LogP contribution in [0, 0.1) is 0 Å². The molecule has 5 nitrogen and oxygen atoms in total. The molecule has 1 aromatic carbocycles. The quantitative estimate of drug-likeness (QED) is 0.767. The molecule has 1 N–H and O–H groups in total. The van der Waals surface area contributed by atoms with Crippen LogP contribution < -0.4 is 10.2 Å². The first kappa shape index (κ1) is 19.8. The lowest BCUT2D eigenvalue weighted by Gasteiger charge is -2.24. The fourth-order valence-corrected chi connectivity index (χ4v) is 2.09. The number of esters is 1. The molecular formula is C16H21F3N2O3. The summed E-state index contributed by atoms with van der Waals surface area (Å²) in [6.07, 6.45) is -4.38. The summed E-state index contributed by atoms with van der Waals surface area (Å²) in [5.41, 5.74) is 0.551. The predicted octanol–water partition coefficient (Wildman–Crippen LogP) is 3.60.